The predicted molar refractivity (Wildman–Crippen MR) is 152 cm³/mol. The molecule has 0 unspecified atom stereocenters. The molecule has 2 amide bonds. The first-order valence-corrected chi connectivity index (χ1v) is 13.4. The summed E-state index contributed by atoms with van der Waals surface area (Å²) in [6, 6.07) is 22.7. The Kier molecular flexibility index (Phi) is 8.90. The van der Waals surface area contributed by atoms with Crippen LogP contribution in [0.1, 0.15) is 50.3 Å². The largest absolute Gasteiger partial charge is 0.480 e. The van der Waals surface area contributed by atoms with E-state index in [9.17, 15) is 19.5 Å². The molecule has 0 bridgehead atoms. The van der Waals surface area contributed by atoms with E-state index in [4.69, 9.17) is 9.47 Å². The zero-order valence-corrected chi connectivity index (χ0v) is 23.2. The Bertz CT molecular complexity index is 1310. The van der Waals surface area contributed by atoms with Gasteiger partial charge in [0.15, 0.2) is 0 Å². The first-order valence-electron chi connectivity index (χ1n) is 13.4. The third kappa shape index (κ3) is 7.07. The lowest BCUT2D eigenvalue weighted by atomic mass is 9.98. The molecule has 3 aromatic rings. The standard InChI is InChI=1S/C32H36N2O6/c1-20(40-32(2,3)4)28(29(35)33-27(30(36)37)18-21-12-6-5-7-13-21)34-31(38)39-19-26-24-16-10-8-14-22(24)23-15-9-11-17-25(23)26/h5-17,20,26-28H,18-19H2,1-4H3,(H,33,35)(H,34,38)(H,36,37)/t20-,27-,28+/m0/s1. The fraction of sp³-hybridized carbons (Fsp3) is 0.344. The van der Waals surface area contributed by atoms with Gasteiger partial charge >= 0.3 is 12.1 Å². The van der Waals surface area contributed by atoms with Crippen LogP contribution in [0.25, 0.3) is 11.1 Å². The number of carbonyl (C=O) groups is 3. The highest BCUT2D eigenvalue weighted by Crippen LogP contribution is 2.44. The quantitative estimate of drug-likeness (QED) is 0.334. The second-order valence-corrected chi connectivity index (χ2v) is 11.0. The molecule has 0 spiro atoms. The van der Waals surface area contributed by atoms with Gasteiger partial charge in [-0.05, 0) is 55.5 Å². The van der Waals surface area contributed by atoms with Gasteiger partial charge in [0.2, 0.25) is 5.91 Å². The molecule has 0 heterocycles. The number of alkyl carbamates (subject to hydrolysis) is 1. The smallest absolute Gasteiger partial charge is 0.407 e. The minimum atomic E-state index is -1.19. The number of carboxylic acids is 1. The lowest BCUT2D eigenvalue weighted by Crippen LogP contribution is -2.57. The second-order valence-electron chi connectivity index (χ2n) is 11.0. The molecule has 0 aromatic heterocycles. The van der Waals surface area contributed by atoms with Gasteiger partial charge in [0.1, 0.15) is 18.7 Å². The zero-order chi connectivity index (χ0) is 28.9. The van der Waals surface area contributed by atoms with Gasteiger partial charge in [0.05, 0.1) is 11.7 Å². The molecular formula is C32H36N2O6. The summed E-state index contributed by atoms with van der Waals surface area (Å²) >= 11 is 0. The Morgan fingerprint density at radius 2 is 1.40 bits per heavy atom. The van der Waals surface area contributed by atoms with Crippen molar-refractivity contribution in [2.75, 3.05) is 6.61 Å². The number of aliphatic carboxylic acids is 1. The molecule has 1 aliphatic rings. The van der Waals surface area contributed by atoms with E-state index in [0.29, 0.717) is 0 Å². The Morgan fingerprint density at radius 3 is 1.95 bits per heavy atom. The van der Waals surface area contributed by atoms with Crippen molar-refractivity contribution in [1.29, 1.82) is 0 Å². The first-order chi connectivity index (χ1) is 19.0. The third-order valence-corrected chi connectivity index (χ3v) is 6.81. The Hall–Kier alpha value is -4.17. The number of nitrogens with one attached hydrogen (secondary N) is 2. The molecule has 8 nitrogen and oxygen atoms in total. The lowest BCUT2D eigenvalue weighted by Gasteiger charge is -2.31. The second kappa shape index (κ2) is 12.3. The van der Waals surface area contributed by atoms with Gasteiger partial charge in [0.25, 0.3) is 0 Å². The molecule has 3 aromatic carbocycles. The van der Waals surface area contributed by atoms with Crippen molar-refractivity contribution in [3.63, 3.8) is 0 Å². The van der Waals surface area contributed by atoms with Gasteiger partial charge in [-0.15, -0.1) is 0 Å². The third-order valence-electron chi connectivity index (χ3n) is 6.81. The monoisotopic (exact) mass is 544 g/mol. The fourth-order valence-corrected chi connectivity index (χ4v) is 5.10. The van der Waals surface area contributed by atoms with Crippen molar-refractivity contribution < 1.29 is 29.0 Å². The van der Waals surface area contributed by atoms with E-state index in [2.05, 4.69) is 22.8 Å². The zero-order valence-electron chi connectivity index (χ0n) is 23.2. The van der Waals surface area contributed by atoms with Crippen molar-refractivity contribution in [1.82, 2.24) is 10.6 Å². The summed E-state index contributed by atoms with van der Waals surface area (Å²) in [5, 5.41) is 15.0. The number of benzene rings is 3. The highest BCUT2D eigenvalue weighted by Gasteiger charge is 2.35. The number of carboxylic acid groups (broad SMARTS) is 1. The van der Waals surface area contributed by atoms with Crippen LogP contribution in [0.4, 0.5) is 4.79 Å². The maximum Gasteiger partial charge on any atom is 0.407 e. The number of carbonyl (C=O) groups excluding carboxylic acids is 2. The molecule has 0 saturated heterocycles. The van der Waals surface area contributed by atoms with Crippen LogP contribution in [0.2, 0.25) is 0 Å². The highest BCUT2D eigenvalue weighted by molar-refractivity contribution is 5.90. The van der Waals surface area contributed by atoms with Crippen molar-refractivity contribution in [3.05, 3.63) is 95.6 Å². The SMILES string of the molecule is C[C@H](OC(C)(C)C)[C@@H](NC(=O)OCC1c2ccccc2-c2ccccc21)C(=O)N[C@@H](Cc1ccccc1)C(=O)O. The van der Waals surface area contributed by atoms with Crippen LogP contribution in [0.5, 0.6) is 0 Å². The molecule has 0 saturated carbocycles. The molecule has 3 N–H and O–H groups in total. The van der Waals surface area contributed by atoms with E-state index in [1.54, 1.807) is 31.2 Å². The maximum absolute atomic E-state index is 13.4. The molecule has 3 atom stereocenters. The summed E-state index contributed by atoms with van der Waals surface area (Å²) in [5.74, 6) is -1.99. The van der Waals surface area contributed by atoms with Gasteiger partial charge in [-0.25, -0.2) is 9.59 Å². The van der Waals surface area contributed by atoms with Crippen molar-refractivity contribution >= 4 is 18.0 Å². The average molecular weight is 545 g/mol. The molecule has 0 radical (unpaired) electrons. The average Bonchev–Trinajstić information content (AvgIpc) is 3.23. The summed E-state index contributed by atoms with van der Waals surface area (Å²) in [6.45, 7) is 7.24. The van der Waals surface area contributed by atoms with Crippen LogP contribution in [-0.4, -0.2) is 53.5 Å². The number of fused-ring (bicyclic) bond motifs is 3. The number of hydrogen-bond donors (Lipinski definition) is 3. The molecule has 0 fully saturated rings. The Labute approximate surface area is 234 Å². The molecule has 4 rings (SSSR count). The number of amides is 2. The lowest BCUT2D eigenvalue weighted by molar-refractivity contribution is -0.143. The van der Waals surface area contributed by atoms with Crippen molar-refractivity contribution in [3.8, 4) is 11.1 Å². The minimum Gasteiger partial charge on any atom is -0.480 e. The summed E-state index contributed by atoms with van der Waals surface area (Å²) < 4.78 is 11.6. The summed E-state index contributed by atoms with van der Waals surface area (Å²) in [5.41, 5.74) is 4.50. The molecule has 0 aliphatic heterocycles. The van der Waals surface area contributed by atoms with Crippen LogP contribution in [0.15, 0.2) is 78.9 Å². The predicted octanol–water partition coefficient (Wildman–Crippen LogP) is 4.91. The van der Waals surface area contributed by atoms with Crippen LogP contribution in [0.3, 0.4) is 0 Å². The minimum absolute atomic E-state index is 0.0778. The van der Waals surface area contributed by atoms with Gasteiger partial charge in [0, 0.05) is 12.3 Å². The normalized spacial score (nSPS) is 14.8. The molecular weight excluding hydrogens is 508 g/mol. The maximum atomic E-state index is 13.4. The van der Waals surface area contributed by atoms with E-state index < -0.39 is 41.8 Å². The van der Waals surface area contributed by atoms with Gasteiger partial charge < -0.3 is 25.2 Å². The summed E-state index contributed by atoms with van der Waals surface area (Å²) in [6.07, 6.45) is -1.47. The molecule has 210 valence electrons. The van der Waals surface area contributed by atoms with Crippen LogP contribution in [-0.2, 0) is 25.5 Å². The van der Waals surface area contributed by atoms with Gasteiger partial charge in [-0.1, -0.05) is 78.9 Å². The number of ether oxygens (including phenoxy) is 2. The van der Waals surface area contributed by atoms with Gasteiger partial charge in [-0.3, -0.25) is 4.79 Å². The fourth-order valence-electron chi connectivity index (χ4n) is 5.10. The van der Waals surface area contributed by atoms with Crippen molar-refractivity contribution in [2.24, 2.45) is 0 Å². The topological polar surface area (TPSA) is 114 Å². The van der Waals surface area contributed by atoms with E-state index in [1.807, 2.05) is 63.2 Å². The van der Waals surface area contributed by atoms with E-state index in [-0.39, 0.29) is 18.9 Å². The molecule has 40 heavy (non-hydrogen) atoms. The first kappa shape index (κ1) is 28.8. The van der Waals surface area contributed by atoms with Crippen LogP contribution in [0, 0.1) is 0 Å². The molecule has 8 heteroatoms. The van der Waals surface area contributed by atoms with E-state index >= 15 is 0 Å². The Balaban J connectivity index is 1.47. The van der Waals surface area contributed by atoms with Gasteiger partial charge in [-0.2, -0.15) is 0 Å². The van der Waals surface area contributed by atoms with Crippen molar-refractivity contribution in [2.45, 2.75) is 63.8 Å². The number of rotatable bonds is 10. The summed E-state index contributed by atoms with van der Waals surface area (Å²) in [4.78, 5) is 38.4. The Morgan fingerprint density at radius 1 is 0.850 bits per heavy atom. The van der Waals surface area contributed by atoms with Crippen LogP contribution < -0.4 is 10.6 Å². The summed E-state index contributed by atoms with van der Waals surface area (Å²) in [7, 11) is 0. The highest BCUT2D eigenvalue weighted by atomic mass is 16.6. The van der Waals surface area contributed by atoms with Crippen LogP contribution >= 0.6 is 0 Å². The van der Waals surface area contributed by atoms with E-state index in [1.165, 1.54) is 0 Å². The number of hydrogen-bond acceptors (Lipinski definition) is 5. The van der Waals surface area contributed by atoms with E-state index in [0.717, 1.165) is 27.8 Å². The molecule has 1 aliphatic carbocycles.